The molecule has 0 aromatic carbocycles. The Kier molecular flexibility index (Phi) is 8.37. The molecule has 2 bridgehead atoms. The summed E-state index contributed by atoms with van der Waals surface area (Å²) in [5, 5.41) is 10.9. The van der Waals surface area contributed by atoms with Crippen LogP contribution in [0.15, 0.2) is 35.5 Å². The largest absolute Gasteiger partial charge is 1.00 e. The first-order valence-electron chi connectivity index (χ1n) is 10.3. The zero-order chi connectivity index (χ0) is 23.0. The van der Waals surface area contributed by atoms with Gasteiger partial charge in [0.15, 0.2) is 0 Å². The molecule has 1 saturated carbocycles. The first-order chi connectivity index (χ1) is 14.5. The molecule has 3 aliphatic rings. The molecule has 0 radical (unpaired) electrons. The second kappa shape index (κ2) is 9.93. The molecule has 0 unspecified atom stereocenters. The molecule has 9 heteroatoms. The summed E-state index contributed by atoms with van der Waals surface area (Å²) in [5.74, 6) is -3.12. The summed E-state index contributed by atoms with van der Waals surface area (Å²) in [4.78, 5) is 48.7. The second-order valence-corrected chi connectivity index (χ2v) is 8.65. The van der Waals surface area contributed by atoms with Crippen molar-refractivity contribution < 1.29 is 89.9 Å². The van der Waals surface area contributed by atoms with E-state index in [1.54, 1.807) is 19.1 Å². The number of carboxylic acid groups (broad SMARTS) is 1. The average molecular weight is 471 g/mol. The van der Waals surface area contributed by atoms with E-state index in [0.29, 0.717) is 24.8 Å². The topological polar surface area (TPSA) is 119 Å². The van der Waals surface area contributed by atoms with E-state index in [-0.39, 0.29) is 75.7 Å². The van der Waals surface area contributed by atoms with Crippen LogP contribution in [0.2, 0.25) is 0 Å². The molecule has 1 heterocycles. The normalized spacial score (nSPS) is 33.9. The van der Waals surface area contributed by atoms with E-state index >= 15 is 0 Å². The van der Waals surface area contributed by atoms with Gasteiger partial charge < -0.3 is 24.1 Å². The molecule has 4 atom stereocenters. The van der Waals surface area contributed by atoms with Crippen LogP contribution in [0.1, 0.15) is 52.9 Å². The van der Waals surface area contributed by atoms with Crippen molar-refractivity contribution in [2.45, 2.75) is 64.1 Å². The molecule has 0 N–H and O–H groups in total. The van der Waals surface area contributed by atoms with Crippen LogP contribution in [-0.4, -0.2) is 42.2 Å². The molecule has 8 nitrogen and oxygen atoms in total. The summed E-state index contributed by atoms with van der Waals surface area (Å²) < 4.78 is 16.7. The van der Waals surface area contributed by atoms with Crippen LogP contribution in [0.4, 0.5) is 0 Å². The molecule has 2 fully saturated rings. The number of carboxylic acids is 1. The molecule has 0 aromatic rings. The summed E-state index contributed by atoms with van der Waals surface area (Å²) in [5.41, 5.74) is -2.87. The van der Waals surface area contributed by atoms with E-state index in [1.165, 1.54) is 33.1 Å². The number of methoxy groups -OCH3 is 1. The van der Waals surface area contributed by atoms with Gasteiger partial charge in [-0.25, -0.2) is 4.79 Å². The van der Waals surface area contributed by atoms with Crippen LogP contribution in [0.5, 0.6) is 0 Å². The molecule has 3 rings (SSSR count). The van der Waals surface area contributed by atoms with Crippen molar-refractivity contribution in [3.63, 3.8) is 0 Å². The fourth-order valence-electron chi connectivity index (χ4n) is 5.45. The van der Waals surface area contributed by atoms with E-state index in [2.05, 4.69) is 0 Å². The Bertz CT molecular complexity index is 919. The van der Waals surface area contributed by atoms with Gasteiger partial charge in [0.25, 0.3) is 0 Å². The van der Waals surface area contributed by atoms with Crippen molar-refractivity contribution in [2.75, 3.05) is 7.11 Å². The predicted molar refractivity (Wildman–Crippen MR) is 106 cm³/mol. The number of carbonyl (C=O) groups excluding carboxylic acids is 4. The first kappa shape index (κ1) is 27.0. The number of esters is 3. The molecular formula is C23H27KO8. The predicted octanol–water partition coefficient (Wildman–Crippen LogP) is -1.46. The zero-order valence-corrected chi connectivity index (χ0v) is 22.3. The minimum absolute atomic E-state index is 0. The van der Waals surface area contributed by atoms with Crippen LogP contribution in [-0.2, 0) is 33.4 Å². The molecule has 0 aromatic heterocycles. The zero-order valence-electron chi connectivity index (χ0n) is 19.2. The molecule has 32 heavy (non-hydrogen) atoms. The quantitative estimate of drug-likeness (QED) is 0.157. The summed E-state index contributed by atoms with van der Waals surface area (Å²) in [6.07, 6.45) is 8.03. The Labute approximate surface area is 229 Å². The van der Waals surface area contributed by atoms with Crippen molar-refractivity contribution >= 4 is 23.9 Å². The van der Waals surface area contributed by atoms with E-state index in [1.807, 2.05) is 0 Å². The average Bonchev–Trinajstić information content (AvgIpc) is 2.84. The molecule has 0 spiro atoms. The molecule has 168 valence electrons. The van der Waals surface area contributed by atoms with Gasteiger partial charge in [-0.3, -0.25) is 9.59 Å². The van der Waals surface area contributed by atoms with Gasteiger partial charge in [-0.05, 0) is 57.6 Å². The maximum absolute atomic E-state index is 13.4. The van der Waals surface area contributed by atoms with Crippen molar-refractivity contribution in [3.8, 4) is 0 Å². The van der Waals surface area contributed by atoms with Gasteiger partial charge in [-0.15, -0.1) is 0 Å². The SMILES string of the molecule is COC(=O)C1=CC[C@@]23CC[C@@H]([C@@](C)(/C=C/C=C(\C)C(=O)[O-])OC2=O)[C@@]3(OC(C)=O)CC1.[K+]. The van der Waals surface area contributed by atoms with Crippen molar-refractivity contribution in [2.24, 2.45) is 11.3 Å². The van der Waals surface area contributed by atoms with E-state index in [4.69, 9.17) is 14.2 Å². The monoisotopic (exact) mass is 470 g/mol. The summed E-state index contributed by atoms with van der Waals surface area (Å²) in [6.45, 7) is 4.44. The van der Waals surface area contributed by atoms with Crippen molar-refractivity contribution in [1.82, 2.24) is 0 Å². The number of ether oxygens (including phenoxy) is 3. The Morgan fingerprint density at radius 3 is 2.53 bits per heavy atom. The standard InChI is InChI=1S/C23H28O8.K/c1-14(18(25)26)6-5-10-21(3)17-9-12-22(20(28)31-21)11-7-16(19(27)29-4)8-13-23(17,22)30-15(2)24;/h5-7,10,17H,8-9,11-13H2,1-4H3,(H,25,26);/q;+1/p-1/b10-5+,14-6+;/t17-,21+,22+,23-;/m0./s1. The first-order valence-corrected chi connectivity index (χ1v) is 10.3. The molecule has 2 aliphatic carbocycles. The van der Waals surface area contributed by atoms with Gasteiger partial charge in [0.1, 0.15) is 16.6 Å². The van der Waals surface area contributed by atoms with Gasteiger partial charge in [0, 0.05) is 18.4 Å². The van der Waals surface area contributed by atoms with Crippen LogP contribution in [0.3, 0.4) is 0 Å². The van der Waals surface area contributed by atoms with E-state index < -0.39 is 40.5 Å². The third-order valence-electron chi connectivity index (χ3n) is 6.96. The van der Waals surface area contributed by atoms with Crippen LogP contribution in [0.25, 0.3) is 0 Å². The van der Waals surface area contributed by atoms with Crippen molar-refractivity contribution in [1.29, 1.82) is 0 Å². The maximum atomic E-state index is 13.4. The number of hydrogen-bond donors (Lipinski definition) is 0. The number of carbonyl (C=O) groups is 4. The summed E-state index contributed by atoms with van der Waals surface area (Å²) >= 11 is 0. The Hall–Kier alpha value is -1.26. The smallest absolute Gasteiger partial charge is 0.545 e. The van der Waals surface area contributed by atoms with Gasteiger partial charge >= 0.3 is 69.3 Å². The second-order valence-electron chi connectivity index (χ2n) is 8.65. The molecule has 1 aliphatic heterocycles. The maximum Gasteiger partial charge on any atom is 1.00 e. The van der Waals surface area contributed by atoms with Gasteiger partial charge in [-0.2, -0.15) is 0 Å². The van der Waals surface area contributed by atoms with Crippen LogP contribution < -0.4 is 56.5 Å². The van der Waals surface area contributed by atoms with Gasteiger partial charge in [0.2, 0.25) is 0 Å². The Morgan fingerprint density at radius 1 is 1.25 bits per heavy atom. The van der Waals surface area contributed by atoms with Crippen LogP contribution in [0, 0.1) is 11.3 Å². The fraction of sp³-hybridized carbons (Fsp3) is 0.565. The molecular weight excluding hydrogens is 443 g/mol. The summed E-state index contributed by atoms with van der Waals surface area (Å²) in [6, 6.07) is 0. The van der Waals surface area contributed by atoms with Gasteiger partial charge in [-0.1, -0.05) is 18.2 Å². The van der Waals surface area contributed by atoms with E-state index in [9.17, 15) is 24.3 Å². The van der Waals surface area contributed by atoms with Crippen molar-refractivity contribution in [3.05, 3.63) is 35.5 Å². The number of allylic oxidation sites excluding steroid dienone is 3. The molecule has 0 amide bonds. The number of cyclic esters (lactones) is 1. The third-order valence-corrected chi connectivity index (χ3v) is 6.96. The Morgan fingerprint density at radius 2 is 1.94 bits per heavy atom. The summed E-state index contributed by atoms with van der Waals surface area (Å²) in [7, 11) is 1.30. The minimum Gasteiger partial charge on any atom is -0.545 e. The minimum atomic E-state index is -1.29. The number of rotatable bonds is 5. The number of hydrogen-bond acceptors (Lipinski definition) is 8. The fourth-order valence-corrected chi connectivity index (χ4v) is 5.45. The number of aliphatic carboxylic acids is 1. The third kappa shape index (κ3) is 4.42. The van der Waals surface area contributed by atoms with E-state index in [0.717, 1.165) is 0 Å². The molecule has 1 saturated heterocycles. The van der Waals surface area contributed by atoms with Crippen LogP contribution >= 0.6 is 0 Å². The Balaban J connectivity index is 0.00000363. The van der Waals surface area contributed by atoms with Gasteiger partial charge in [0.05, 0.1) is 13.1 Å².